The maximum atomic E-state index is 13.5. The minimum atomic E-state index is -0.579. The van der Waals surface area contributed by atoms with Crippen molar-refractivity contribution in [3.63, 3.8) is 0 Å². The average Bonchev–Trinajstić information content (AvgIpc) is 3.11. The van der Waals surface area contributed by atoms with Gasteiger partial charge < -0.3 is 0 Å². The second-order valence-electron chi connectivity index (χ2n) is 7.96. The second-order valence-corrected chi connectivity index (χ2v) is 7.96. The van der Waals surface area contributed by atoms with Crippen molar-refractivity contribution in [2.75, 3.05) is 0 Å². The van der Waals surface area contributed by atoms with Gasteiger partial charge in [-0.2, -0.15) is 0 Å². The van der Waals surface area contributed by atoms with Crippen molar-refractivity contribution in [2.24, 2.45) is 0 Å². The van der Waals surface area contributed by atoms with Crippen LogP contribution in [0.1, 0.15) is 66.7 Å². The molecule has 0 spiro atoms. The Kier molecular flexibility index (Phi) is 4.33. The quantitative estimate of drug-likeness (QED) is 0.649. The molecule has 0 saturated heterocycles. The predicted octanol–water partition coefficient (Wildman–Crippen LogP) is 3.69. The summed E-state index contributed by atoms with van der Waals surface area (Å²) in [5.41, 5.74) is 4.20. The van der Waals surface area contributed by atoms with Gasteiger partial charge in [0.15, 0.2) is 12.1 Å². The summed E-state index contributed by atoms with van der Waals surface area (Å²) in [5, 5.41) is 12.2. The third-order valence-electron chi connectivity index (χ3n) is 5.40. The largest absolute Gasteiger partial charge is 0.298 e. The summed E-state index contributed by atoms with van der Waals surface area (Å²) in [5.74, 6) is 0.528. The molecule has 0 atom stereocenters. The first kappa shape index (κ1) is 18.4. The first-order valence-electron chi connectivity index (χ1n) is 9.40. The van der Waals surface area contributed by atoms with E-state index in [0.717, 1.165) is 40.2 Å². The normalized spacial score (nSPS) is 15.1. The molecule has 4 rings (SSSR count). The van der Waals surface area contributed by atoms with Crippen molar-refractivity contribution in [1.82, 2.24) is 25.2 Å². The first-order chi connectivity index (χ1) is 13.3. The molecular formula is C21H22FN5O. The number of aryl methyl sites for hydroxylation is 1. The third-order valence-corrected chi connectivity index (χ3v) is 5.40. The second kappa shape index (κ2) is 6.58. The molecule has 0 unspecified atom stereocenters. The molecule has 1 aliphatic rings. The highest BCUT2D eigenvalue weighted by Crippen LogP contribution is 2.40. The van der Waals surface area contributed by atoms with Gasteiger partial charge in [-0.3, -0.25) is 9.78 Å². The average molecular weight is 379 g/mol. The van der Waals surface area contributed by atoms with Crippen LogP contribution < -0.4 is 0 Å². The fraction of sp³-hybridized carbons (Fsp3) is 0.381. The number of carbonyl (C=O) groups excluding carboxylic acids is 1. The molecule has 3 aromatic rings. The van der Waals surface area contributed by atoms with E-state index in [2.05, 4.69) is 15.5 Å². The van der Waals surface area contributed by atoms with Crippen LogP contribution in [0.15, 0.2) is 24.3 Å². The number of rotatable bonds is 3. The van der Waals surface area contributed by atoms with Gasteiger partial charge in [0.05, 0.1) is 11.4 Å². The van der Waals surface area contributed by atoms with Crippen LogP contribution in [0.25, 0.3) is 11.1 Å². The Morgan fingerprint density at radius 2 is 1.89 bits per heavy atom. The van der Waals surface area contributed by atoms with E-state index in [1.807, 2.05) is 32.4 Å². The van der Waals surface area contributed by atoms with Crippen LogP contribution in [-0.4, -0.2) is 31.5 Å². The standard InChI is InChI=1S/C21H22FN5O/c1-12(2)19-16(11-28)18(13-5-7-14(22)8-6-13)15-9-10-17-24-25-26-27(17)21(3,4)20(15)23-19/h5-8,11-12H,9-10H2,1-4H3. The Labute approximate surface area is 162 Å². The van der Waals surface area contributed by atoms with Crippen LogP contribution in [0.3, 0.4) is 0 Å². The summed E-state index contributed by atoms with van der Waals surface area (Å²) in [6.07, 6.45) is 2.16. The van der Waals surface area contributed by atoms with Gasteiger partial charge in [-0.15, -0.1) is 5.10 Å². The minimum Gasteiger partial charge on any atom is -0.298 e. The SMILES string of the molecule is CC(C)c1nc2c(c(-c3ccc(F)cc3)c1C=O)CCc1nnnn1C2(C)C. The Balaban J connectivity index is 2.09. The number of aldehydes is 1. The molecule has 0 aliphatic carbocycles. The van der Waals surface area contributed by atoms with Gasteiger partial charge in [-0.25, -0.2) is 9.07 Å². The number of tetrazole rings is 1. The number of hydrogen-bond donors (Lipinski definition) is 0. The van der Waals surface area contributed by atoms with Crippen LogP contribution >= 0.6 is 0 Å². The number of nitrogens with zero attached hydrogens (tertiary/aromatic N) is 5. The van der Waals surface area contributed by atoms with E-state index in [4.69, 9.17) is 4.98 Å². The number of carbonyl (C=O) groups is 1. The van der Waals surface area contributed by atoms with Gasteiger partial charge in [-0.1, -0.05) is 26.0 Å². The van der Waals surface area contributed by atoms with E-state index in [9.17, 15) is 9.18 Å². The molecular weight excluding hydrogens is 357 g/mol. The van der Waals surface area contributed by atoms with Crippen molar-refractivity contribution < 1.29 is 9.18 Å². The zero-order valence-corrected chi connectivity index (χ0v) is 16.4. The first-order valence-corrected chi connectivity index (χ1v) is 9.40. The highest BCUT2D eigenvalue weighted by Gasteiger charge is 2.37. The van der Waals surface area contributed by atoms with Crippen LogP contribution in [0, 0.1) is 5.82 Å². The summed E-state index contributed by atoms with van der Waals surface area (Å²) in [7, 11) is 0. The van der Waals surface area contributed by atoms with E-state index in [1.165, 1.54) is 12.1 Å². The lowest BCUT2D eigenvalue weighted by Gasteiger charge is -2.28. The number of fused-ring (bicyclic) bond motifs is 2. The Hall–Kier alpha value is -2.96. The monoisotopic (exact) mass is 379 g/mol. The molecule has 2 aromatic heterocycles. The maximum absolute atomic E-state index is 13.5. The topological polar surface area (TPSA) is 73.6 Å². The maximum Gasteiger partial charge on any atom is 0.152 e. The van der Waals surface area contributed by atoms with E-state index in [-0.39, 0.29) is 11.7 Å². The smallest absolute Gasteiger partial charge is 0.152 e. The highest BCUT2D eigenvalue weighted by atomic mass is 19.1. The van der Waals surface area contributed by atoms with E-state index < -0.39 is 5.54 Å². The predicted molar refractivity (Wildman–Crippen MR) is 103 cm³/mol. The van der Waals surface area contributed by atoms with Crippen molar-refractivity contribution in [1.29, 1.82) is 0 Å². The van der Waals surface area contributed by atoms with E-state index in [0.29, 0.717) is 18.4 Å². The summed E-state index contributed by atoms with van der Waals surface area (Å²) in [6, 6.07) is 6.28. The molecule has 1 aliphatic heterocycles. The third kappa shape index (κ3) is 2.73. The highest BCUT2D eigenvalue weighted by molar-refractivity contribution is 5.91. The summed E-state index contributed by atoms with van der Waals surface area (Å²) >= 11 is 0. The Bertz CT molecular complexity index is 1050. The summed E-state index contributed by atoms with van der Waals surface area (Å²) in [6.45, 7) is 8.09. The molecule has 0 fully saturated rings. The molecule has 0 amide bonds. The molecule has 1 aromatic carbocycles. The fourth-order valence-corrected chi connectivity index (χ4v) is 4.05. The van der Waals surface area contributed by atoms with Gasteiger partial charge in [0, 0.05) is 12.0 Å². The number of pyridine rings is 1. The van der Waals surface area contributed by atoms with Crippen LogP contribution in [0.2, 0.25) is 0 Å². The van der Waals surface area contributed by atoms with Crippen LogP contribution in [0.5, 0.6) is 0 Å². The number of aromatic nitrogens is 5. The van der Waals surface area contributed by atoms with Crippen molar-refractivity contribution >= 4 is 6.29 Å². The molecule has 28 heavy (non-hydrogen) atoms. The van der Waals surface area contributed by atoms with Gasteiger partial charge in [0.25, 0.3) is 0 Å². The van der Waals surface area contributed by atoms with Crippen molar-refractivity contribution in [3.05, 3.63) is 58.4 Å². The number of benzene rings is 1. The Morgan fingerprint density at radius 1 is 1.18 bits per heavy atom. The van der Waals surface area contributed by atoms with Gasteiger partial charge in [0.1, 0.15) is 11.4 Å². The van der Waals surface area contributed by atoms with E-state index >= 15 is 0 Å². The lowest BCUT2D eigenvalue weighted by molar-refractivity contribution is 0.112. The van der Waals surface area contributed by atoms with Crippen LogP contribution in [0.4, 0.5) is 4.39 Å². The molecule has 6 nitrogen and oxygen atoms in total. The molecule has 0 radical (unpaired) electrons. The van der Waals surface area contributed by atoms with Crippen LogP contribution in [-0.2, 0) is 18.4 Å². The lowest BCUT2D eigenvalue weighted by atomic mass is 9.84. The van der Waals surface area contributed by atoms with Gasteiger partial charge in [0.2, 0.25) is 0 Å². The van der Waals surface area contributed by atoms with Gasteiger partial charge in [-0.05, 0) is 65.4 Å². The van der Waals surface area contributed by atoms with Crippen molar-refractivity contribution in [2.45, 2.75) is 52.0 Å². The van der Waals surface area contributed by atoms with Gasteiger partial charge >= 0.3 is 0 Å². The minimum absolute atomic E-state index is 0.0529. The Morgan fingerprint density at radius 3 is 2.54 bits per heavy atom. The molecule has 0 saturated carbocycles. The van der Waals surface area contributed by atoms with E-state index in [1.54, 1.807) is 12.1 Å². The van der Waals surface area contributed by atoms with Crippen molar-refractivity contribution in [3.8, 4) is 11.1 Å². The number of hydrogen-bond acceptors (Lipinski definition) is 5. The lowest BCUT2D eigenvalue weighted by Crippen LogP contribution is -2.32. The zero-order valence-electron chi connectivity index (χ0n) is 16.4. The summed E-state index contributed by atoms with van der Waals surface area (Å²) in [4.78, 5) is 17.1. The molecule has 144 valence electrons. The zero-order chi connectivity index (χ0) is 20.1. The molecule has 0 bridgehead atoms. The molecule has 0 N–H and O–H groups in total. The fourth-order valence-electron chi connectivity index (χ4n) is 4.05. The number of halogens is 1. The summed E-state index contributed by atoms with van der Waals surface area (Å²) < 4.78 is 15.4. The molecule has 3 heterocycles. The molecule has 7 heteroatoms.